The highest BCUT2D eigenvalue weighted by molar-refractivity contribution is 9.10. The van der Waals surface area contributed by atoms with Gasteiger partial charge in [-0.15, -0.1) is 11.8 Å². The van der Waals surface area contributed by atoms with Gasteiger partial charge in [0, 0.05) is 22.1 Å². The Hall–Kier alpha value is -0.590. The SMILES string of the molecule is CCNc1nc(CSc2ccc(Br)cc2)ncc1Br. The summed E-state index contributed by atoms with van der Waals surface area (Å²) in [7, 11) is 0. The molecule has 1 heterocycles. The van der Waals surface area contributed by atoms with Gasteiger partial charge >= 0.3 is 0 Å². The summed E-state index contributed by atoms with van der Waals surface area (Å²) in [6.45, 7) is 2.89. The van der Waals surface area contributed by atoms with E-state index in [0.29, 0.717) is 0 Å². The minimum Gasteiger partial charge on any atom is -0.369 e. The molecule has 6 heteroatoms. The standard InChI is InChI=1S/C13H13Br2N3S/c1-2-16-13-11(15)7-17-12(18-13)8-19-10-5-3-9(14)4-6-10/h3-7H,2,8H2,1H3,(H,16,17,18). The van der Waals surface area contributed by atoms with Gasteiger partial charge in [-0.3, -0.25) is 0 Å². The molecule has 0 saturated heterocycles. The molecule has 0 aliphatic heterocycles. The lowest BCUT2D eigenvalue weighted by Crippen LogP contribution is -2.03. The van der Waals surface area contributed by atoms with Gasteiger partial charge < -0.3 is 5.32 Å². The number of halogens is 2. The summed E-state index contributed by atoms with van der Waals surface area (Å²) >= 11 is 8.59. The van der Waals surface area contributed by atoms with Crippen molar-refractivity contribution < 1.29 is 0 Å². The van der Waals surface area contributed by atoms with E-state index in [9.17, 15) is 0 Å². The zero-order chi connectivity index (χ0) is 13.7. The van der Waals surface area contributed by atoms with Crippen molar-refractivity contribution in [3.8, 4) is 0 Å². The summed E-state index contributed by atoms with van der Waals surface area (Å²) < 4.78 is 1.98. The third kappa shape index (κ3) is 4.47. The van der Waals surface area contributed by atoms with Gasteiger partial charge in [0.15, 0.2) is 0 Å². The summed E-state index contributed by atoms with van der Waals surface area (Å²) in [5.41, 5.74) is 0. The third-order valence-corrected chi connectivity index (χ3v) is 4.44. The maximum absolute atomic E-state index is 4.50. The Bertz CT molecular complexity index is 546. The van der Waals surface area contributed by atoms with E-state index in [2.05, 4.69) is 59.3 Å². The largest absolute Gasteiger partial charge is 0.369 e. The molecule has 0 aliphatic carbocycles. The summed E-state index contributed by atoms with van der Waals surface area (Å²) in [5, 5.41) is 3.21. The maximum atomic E-state index is 4.50. The zero-order valence-electron chi connectivity index (χ0n) is 10.4. The molecule has 2 aromatic rings. The van der Waals surface area contributed by atoms with Gasteiger partial charge in [-0.1, -0.05) is 15.9 Å². The Morgan fingerprint density at radius 2 is 1.95 bits per heavy atom. The molecule has 0 fully saturated rings. The lowest BCUT2D eigenvalue weighted by molar-refractivity contribution is 1.01. The minimum absolute atomic E-state index is 0.757. The number of benzene rings is 1. The normalized spacial score (nSPS) is 10.5. The number of anilines is 1. The van der Waals surface area contributed by atoms with Crippen molar-refractivity contribution in [2.24, 2.45) is 0 Å². The Kier molecular flexibility index (Phi) is 5.66. The second kappa shape index (κ2) is 7.26. The predicted octanol–water partition coefficient (Wildman–Crippen LogP) is 4.73. The molecule has 1 aromatic heterocycles. The van der Waals surface area contributed by atoms with Gasteiger partial charge in [0.25, 0.3) is 0 Å². The van der Waals surface area contributed by atoms with Crippen molar-refractivity contribution in [2.45, 2.75) is 17.6 Å². The first-order valence-corrected chi connectivity index (χ1v) is 8.40. The average molecular weight is 403 g/mol. The Morgan fingerprint density at radius 3 is 2.63 bits per heavy atom. The van der Waals surface area contributed by atoms with Crippen molar-refractivity contribution in [3.63, 3.8) is 0 Å². The van der Waals surface area contributed by atoms with Gasteiger partial charge in [-0.25, -0.2) is 9.97 Å². The number of hydrogen-bond acceptors (Lipinski definition) is 4. The van der Waals surface area contributed by atoms with E-state index in [4.69, 9.17) is 0 Å². The molecule has 0 saturated carbocycles. The zero-order valence-corrected chi connectivity index (χ0v) is 14.3. The van der Waals surface area contributed by atoms with E-state index >= 15 is 0 Å². The molecule has 1 aromatic carbocycles. The molecular weight excluding hydrogens is 390 g/mol. The van der Waals surface area contributed by atoms with Gasteiger partial charge in [0.05, 0.1) is 10.2 Å². The third-order valence-electron chi connectivity index (χ3n) is 2.32. The Morgan fingerprint density at radius 1 is 1.21 bits per heavy atom. The van der Waals surface area contributed by atoms with Gasteiger partial charge in [0.2, 0.25) is 0 Å². The van der Waals surface area contributed by atoms with Crippen LogP contribution in [-0.2, 0) is 5.75 Å². The lowest BCUT2D eigenvalue weighted by atomic mass is 10.4. The molecule has 0 spiro atoms. The number of nitrogens with one attached hydrogen (secondary N) is 1. The second-order valence-electron chi connectivity index (χ2n) is 3.76. The molecule has 100 valence electrons. The first-order valence-electron chi connectivity index (χ1n) is 5.82. The van der Waals surface area contributed by atoms with Crippen LogP contribution in [0, 0.1) is 0 Å². The molecule has 0 amide bonds. The van der Waals surface area contributed by atoms with Crippen LogP contribution in [0.4, 0.5) is 5.82 Å². The molecule has 0 bridgehead atoms. The van der Waals surface area contributed by atoms with Crippen LogP contribution < -0.4 is 5.32 Å². The van der Waals surface area contributed by atoms with Crippen molar-refractivity contribution in [1.82, 2.24) is 9.97 Å². The van der Waals surface area contributed by atoms with E-state index in [0.717, 1.165) is 32.9 Å². The smallest absolute Gasteiger partial charge is 0.144 e. The van der Waals surface area contributed by atoms with Crippen molar-refractivity contribution in [2.75, 3.05) is 11.9 Å². The fourth-order valence-corrected chi connectivity index (χ4v) is 2.80. The maximum Gasteiger partial charge on any atom is 0.144 e. The van der Waals surface area contributed by atoms with Crippen LogP contribution in [0.1, 0.15) is 12.7 Å². The van der Waals surface area contributed by atoms with Crippen LogP contribution in [0.5, 0.6) is 0 Å². The number of thioether (sulfide) groups is 1. The molecular formula is C13H13Br2N3S. The molecule has 2 rings (SSSR count). The molecule has 19 heavy (non-hydrogen) atoms. The summed E-state index contributed by atoms with van der Waals surface area (Å²) in [4.78, 5) is 10.0. The summed E-state index contributed by atoms with van der Waals surface area (Å²) in [6, 6.07) is 8.24. The van der Waals surface area contributed by atoms with E-state index in [1.54, 1.807) is 18.0 Å². The van der Waals surface area contributed by atoms with Gasteiger partial charge in [-0.2, -0.15) is 0 Å². The van der Waals surface area contributed by atoms with E-state index in [1.165, 1.54) is 4.90 Å². The molecule has 3 nitrogen and oxygen atoms in total. The summed E-state index contributed by atoms with van der Waals surface area (Å²) in [5.74, 6) is 2.43. The van der Waals surface area contributed by atoms with Crippen LogP contribution in [0.3, 0.4) is 0 Å². The highest BCUT2D eigenvalue weighted by Gasteiger charge is 2.05. The van der Waals surface area contributed by atoms with Crippen molar-refractivity contribution in [1.29, 1.82) is 0 Å². The molecule has 1 N–H and O–H groups in total. The van der Waals surface area contributed by atoms with Crippen LogP contribution in [0.2, 0.25) is 0 Å². The van der Waals surface area contributed by atoms with Crippen LogP contribution >= 0.6 is 43.6 Å². The molecule has 0 atom stereocenters. The van der Waals surface area contributed by atoms with Gasteiger partial charge in [-0.05, 0) is 47.1 Å². The monoisotopic (exact) mass is 401 g/mol. The quantitative estimate of drug-likeness (QED) is 0.733. The number of rotatable bonds is 5. The van der Waals surface area contributed by atoms with Crippen molar-refractivity contribution in [3.05, 3.63) is 45.2 Å². The predicted molar refractivity (Wildman–Crippen MR) is 87.6 cm³/mol. The second-order valence-corrected chi connectivity index (χ2v) is 6.57. The van der Waals surface area contributed by atoms with Gasteiger partial charge in [0.1, 0.15) is 11.6 Å². The lowest BCUT2D eigenvalue weighted by Gasteiger charge is -2.07. The van der Waals surface area contributed by atoms with E-state index in [1.807, 2.05) is 19.1 Å². The average Bonchev–Trinajstić information content (AvgIpc) is 2.42. The molecule has 0 aliphatic rings. The fraction of sp³-hybridized carbons (Fsp3) is 0.231. The van der Waals surface area contributed by atoms with Crippen LogP contribution in [-0.4, -0.2) is 16.5 Å². The first-order chi connectivity index (χ1) is 9.19. The van der Waals surface area contributed by atoms with E-state index < -0.39 is 0 Å². The van der Waals surface area contributed by atoms with Crippen molar-refractivity contribution >= 4 is 49.4 Å². The summed E-state index contributed by atoms with van der Waals surface area (Å²) in [6.07, 6.45) is 1.79. The highest BCUT2D eigenvalue weighted by Crippen LogP contribution is 2.25. The number of nitrogens with zero attached hydrogens (tertiary/aromatic N) is 2. The fourth-order valence-electron chi connectivity index (χ4n) is 1.44. The van der Waals surface area contributed by atoms with Crippen LogP contribution in [0.25, 0.3) is 0 Å². The minimum atomic E-state index is 0.757. The molecule has 0 radical (unpaired) electrons. The van der Waals surface area contributed by atoms with Crippen LogP contribution in [0.15, 0.2) is 44.3 Å². The number of hydrogen-bond donors (Lipinski definition) is 1. The van der Waals surface area contributed by atoms with E-state index in [-0.39, 0.29) is 0 Å². The Labute approximate surface area is 133 Å². The highest BCUT2D eigenvalue weighted by atomic mass is 79.9. The topological polar surface area (TPSA) is 37.8 Å². The first kappa shape index (κ1) is 14.8. The number of aromatic nitrogens is 2. The molecule has 0 unspecified atom stereocenters. The Balaban J connectivity index is 2.03.